The Balaban J connectivity index is 1.74. The highest BCUT2D eigenvalue weighted by molar-refractivity contribution is 5.88. The van der Waals surface area contributed by atoms with Crippen LogP contribution in [0.1, 0.15) is 31.4 Å². The Morgan fingerprint density at radius 2 is 1.59 bits per heavy atom. The topological polar surface area (TPSA) is 100 Å². The molecule has 0 aliphatic rings. The number of hydrogen-bond acceptors (Lipinski definition) is 4. The first-order valence-corrected chi connectivity index (χ1v) is 9.72. The quantitative estimate of drug-likeness (QED) is 0.568. The highest BCUT2D eigenvalue weighted by Crippen LogP contribution is 2.05. The van der Waals surface area contributed by atoms with E-state index in [0.717, 1.165) is 11.1 Å². The van der Waals surface area contributed by atoms with Crippen molar-refractivity contribution in [1.29, 1.82) is 0 Å². The van der Waals surface area contributed by atoms with Crippen LogP contribution in [0.25, 0.3) is 0 Å². The van der Waals surface area contributed by atoms with Crippen molar-refractivity contribution in [3.63, 3.8) is 0 Å². The van der Waals surface area contributed by atoms with E-state index >= 15 is 0 Å². The lowest BCUT2D eigenvalue weighted by molar-refractivity contribution is -0.130. The van der Waals surface area contributed by atoms with Gasteiger partial charge in [0.25, 0.3) is 0 Å². The maximum atomic E-state index is 12.5. The molecule has 1 atom stereocenters. The highest BCUT2D eigenvalue weighted by atomic mass is 16.2. The molecule has 1 aromatic heterocycles. The van der Waals surface area contributed by atoms with Gasteiger partial charge in [0, 0.05) is 31.9 Å². The smallest absolute Gasteiger partial charge is 0.242 e. The number of benzene rings is 1. The molecule has 0 saturated carbocycles. The van der Waals surface area contributed by atoms with Crippen LogP contribution in [0.5, 0.6) is 0 Å². The summed E-state index contributed by atoms with van der Waals surface area (Å²) in [5, 5.41) is 8.33. The molecule has 1 aromatic carbocycles. The van der Waals surface area contributed by atoms with Gasteiger partial charge in [0.1, 0.15) is 6.04 Å². The molecule has 0 saturated heterocycles. The van der Waals surface area contributed by atoms with E-state index in [1.54, 1.807) is 12.4 Å². The molecule has 29 heavy (non-hydrogen) atoms. The van der Waals surface area contributed by atoms with Crippen molar-refractivity contribution in [3.05, 3.63) is 66.0 Å². The first kappa shape index (κ1) is 22.1. The SMILES string of the molecule is CC(C)C(NC(=O)Cc1ccccc1)C(=O)NCCC(=O)NCc1ccncc1. The Bertz CT molecular complexity index is 794. The van der Waals surface area contributed by atoms with Gasteiger partial charge in [0.15, 0.2) is 0 Å². The second-order valence-electron chi connectivity index (χ2n) is 7.12. The van der Waals surface area contributed by atoms with Gasteiger partial charge in [-0.05, 0) is 29.2 Å². The van der Waals surface area contributed by atoms with Gasteiger partial charge in [-0.25, -0.2) is 0 Å². The van der Waals surface area contributed by atoms with Gasteiger partial charge in [-0.2, -0.15) is 0 Å². The third-order valence-corrected chi connectivity index (χ3v) is 4.36. The van der Waals surface area contributed by atoms with Crippen molar-refractivity contribution in [2.24, 2.45) is 5.92 Å². The van der Waals surface area contributed by atoms with Gasteiger partial charge in [-0.15, -0.1) is 0 Å². The Morgan fingerprint density at radius 1 is 0.897 bits per heavy atom. The van der Waals surface area contributed by atoms with Gasteiger partial charge in [0.2, 0.25) is 17.7 Å². The fourth-order valence-corrected chi connectivity index (χ4v) is 2.74. The molecule has 0 bridgehead atoms. The van der Waals surface area contributed by atoms with E-state index in [2.05, 4.69) is 20.9 Å². The van der Waals surface area contributed by atoms with Crippen LogP contribution < -0.4 is 16.0 Å². The average molecular weight is 396 g/mol. The van der Waals surface area contributed by atoms with Gasteiger partial charge in [-0.1, -0.05) is 44.2 Å². The van der Waals surface area contributed by atoms with Crippen LogP contribution in [0, 0.1) is 5.92 Å². The predicted octanol–water partition coefficient (Wildman–Crippen LogP) is 1.59. The lowest BCUT2D eigenvalue weighted by Gasteiger charge is -2.21. The molecule has 0 spiro atoms. The van der Waals surface area contributed by atoms with Crippen molar-refractivity contribution < 1.29 is 14.4 Å². The number of nitrogens with one attached hydrogen (secondary N) is 3. The Morgan fingerprint density at radius 3 is 2.24 bits per heavy atom. The number of carbonyl (C=O) groups is 3. The summed E-state index contributed by atoms with van der Waals surface area (Å²) in [6, 6.07) is 12.4. The van der Waals surface area contributed by atoms with E-state index < -0.39 is 6.04 Å². The van der Waals surface area contributed by atoms with Crippen LogP contribution in [-0.4, -0.2) is 35.3 Å². The highest BCUT2D eigenvalue weighted by Gasteiger charge is 2.24. The number of nitrogens with zero attached hydrogens (tertiary/aromatic N) is 1. The Labute approximate surface area is 171 Å². The predicted molar refractivity (Wildman–Crippen MR) is 111 cm³/mol. The third-order valence-electron chi connectivity index (χ3n) is 4.36. The molecule has 154 valence electrons. The van der Waals surface area contributed by atoms with E-state index in [4.69, 9.17) is 0 Å². The largest absolute Gasteiger partial charge is 0.354 e. The summed E-state index contributed by atoms with van der Waals surface area (Å²) in [7, 11) is 0. The maximum absolute atomic E-state index is 12.5. The minimum Gasteiger partial charge on any atom is -0.354 e. The molecule has 0 fully saturated rings. The number of carbonyl (C=O) groups excluding carboxylic acids is 3. The molecular weight excluding hydrogens is 368 g/mol. The second kappa shape index (κ2) is 11.6. The fourth-order valence-electron chi connectivity index (χ4n) is 2.74. The maximum Gasteiger partial charge on any atom is 0.242 e. The lowest BCUT2D eigenvalue weighted by Crippen LogP contribution is -2.50. The molecule has 0 aliphatic heterocycles. The van der Waals surface area contributed by atoms with Gasteiger partial charge in [0.05, 0.1) is 6.42 Å². The monoisotopic (exact) mass is 396 g/mol. The minimum atomic E-state index is -0.647. The van der Waals surface area contributed by atoms with Crippen LogP contribution in [0.15, 0.2) is 54.9 Å². The van der Waals surface area contributed by atoms with E-state index in [0.29, 0.717) is 6.54 Å². The van der Waals surface area contributed by atoms with Gasteiger partial charge >= 0.3 is 0 Å². The van der Waals surface area contributed by atoms with E-state index in [-0.39, 0.29) is 43.0 Å². The number of amides is 3. The van der Waals surface area contributed by atoms with E-state index in [1.165, 1.54) is 0 Å². The number of hydrogen-bond donors (Lipinski definition) is 3. The molecule has 0 radical (unpaired) electrons. The normalized spacial score (nSPS) is 11.6. The summed E-state index contributed by atoms with van der Waals surface area (Å²) >= 11 is 0. The van der Waals surface area contributed by atoms with Crippen LogP contribution in [0.3, 0.4) is 0 Å². The average Bonchev–Trinajstić information content (AvgIpc) is 2.71. The minimum absolute atomic E-state index is 0.0739. The molecule has 3 amide bonds. The van der Waals surface area contributed by atoms with Gasteiger partial charge in [-0.3, -0.25) is 19.4 Å². The first-order valence-electron chi connectivity index (χ1n) is 9.72. The molecule has 0 aliphatic carbocycles. The Kier molecular flexibility index (Phi) is 8.82. The summed E-state index contributed by atoms with van der Waals surface area (Å²) in [6.07, 6.45) is 3.72. The summed E-state index contributed by atoms with van der Waals surface area (Å²) in [6.45, 7) is 4.36. The standard InChI is InChI=1S/C22H28N4O3/c1-16(2)21(26-20(28)14-17-6-4-3-5-7-17)22(29)24-13-10-19(27)25-15-18-8-11-23-12-9-18/h3-9,11-12,16,21H,10,13-15H2,1-2H3,(H,24,29)(H,25,27)(H,26,28). The van der Waals surface area contributed by atoms with Crippen molar-refractivity contribution >= 4 is 17.7 Å². The molecular formula is C22H28N4O3. The molecule has 2 aromatic rings. The zero-order valence-corrected chi connectivity index (χ0v) is 16.9. The van der Waals surface area contributed by atoms with Crippen LogP contribution in [0.4, 0.5) is 0 Å². The zero-order valence-electron chi connectivity index (χ0n) is 16.9. The van der Waals surface area contributed by atoms with Crippen molar-refractivity contribution in [2.75, 3.05) is 6.54 Å². The van der Waals surface area contributed by atoms with Crippen molar-refractivity contribution in [1.82, 2.24) is 20.9 Å². The number of aromatic nitrogens is 1. The third kappa shape index (κ3) is 8.13. The summed E-state index contributed by atoms with van der Waals surface area (Å²) < 4.78 is 0. The summed E-state index contributed by atoms with van der Waals surface area (Å²) in [5.74, 6) is -0.727. The molecule has 7 nitrogen and oxygen atoms in total. The van der Waals surface area contributed by atoms with Gasteiger partial charge < -0.3 is 16.0 Å². The van der Waals surface area contributed by atoms with Crippen LogP contribution in [-0.2, 0) is 27.3 Å². The fraction of sp³-hybridized carbons (Fsp3) is 0.364. The zero-order chi connectivity index (χ0) is 21.1. The van der Waals surface area contributed by atoms with Crippen LogP contribution in [0.2, 0.25) is 0 Å². The Hall–Kier alpha value is -3.22. The first-order chi connectivity index (χ1) is 14.0. The van der Waals surface area contributed by atoms with Crippen molar-refractivity contribution in [2.45, 2.75) is 39.3 Å². The van der Waals surface area contributed by atoms with Crippen molar-refractivity contribution in [3.8, 4) is 0 Å². The molecule has 1 heterocycles. The number of pyridine rings is 1. The second-order valence-corrected chi connectivity index (χ2v) is 7.12. The molecule has 2 rings (SSSR count). The molecule has 1 unspecified atom stereocenters. The van der Waals surface area contributed by atoms with E-state index in [9.17, 15) is 14.4 Å². The lowest BCUT2D eigenvalue weighted by atomic mass is 10.0. The molecule has 3 N–H and O–H groups in total. The van der Waals surface area contributed by atoms with Crippen LogP contribution >= 0.6 is 0 Å². The molecule has 7 heteroatoms. The summed E-state index contributed by atoms with van der Waals surface area (Å²) in [4.78, 5) is 40.6. The summed E-state index contributed by atoms with van der Waals surface area (Å²) in [5.41, 5.74) is 1.84. The van der Waals surface area contributed by atoms with E-state index in [1.807, 2.05) is 56.3 Å². The number of rotatable bonds is 10.